The van der Waals surface area contributed by atoms with Crippen LogP contribution in [0.15, 0.2) is 48.7 Å². The molecule has 1 radical (unpaired) electrons. The Morgan fingerprint density at radius 2 is 1.74 bits per heavy atom. The molecule has 0 aliphatic heterocycles. The second-order valence-electron chi connectivity index (χ2n) is 3.96. The van der Waals surface area contributed by atoms with Crippen molar-refractivity contribution >= 4 is 10.8 Å². The molecule has 0 spiro atoms. The third-order valence-corrected chi connectivity index (χ3v) is 2.74. The van der Waals surface area contributed by atoms with E-state index in [1.54, 1.807) is 12.3 Å². The number of nitrogens with zero attached hydrogens (tertiary/aromatic N) is 1. The van der Waals surface area contributed by atoms with Crippen LogP contribution in [0.4, 0.5) is 8.78 Å². The van der Waals surface area contributed by atoms with E-state index < -0.39 is 11.6 Å². The minimum absolute atomic E-state index is 0. The number of rotatable bonds is 1. The number of fused-ring (bicyclic) bond motifs is 1. The Morgan fingerprint density at radius 3 is 2.47 bits per heavy atom. The number of hydrogen-bond acceptors (Lipinski definition) is 1. The van der Waals surface area contributed by atoms with Crippen molar-refractivity contribution in [1.82, 2.24) is 4.98 Å². The van der Waals surface area contributed by atoms with E-state index in [0.717, 1.165) is 22.9 Å². The first-order valence-electron chi connectivity index (χ1n) is 5.46. The van der Waals surface area contributed by atoms with Gasteiger partial charge in [-0.15, -0.1) is 12.1 Å². The van der Waals surface area contributed by atoms with Gasteiger partial charge in [0.25, 0.3) is 0 Å². The van der Waals surface area contributed by atoms with E-state index in [2.05, 4.69) is 11.1 Å². The Morgan fingerprint density at radius 1 is 1.00 bits per heavy atom. The summed E-state index contributed by atoms with van der Waals surface area (Å²) in [6.07, 6.45) is 1.67. The van der Waals surface area contributed by atoms with Crippen molar-refractivity contribution < 1.29 is 28.9 Å². The van der Waals surface area contributed by atoms with Gasteiger partial charge in [0.1, 0.15) is 0 Å². The molecule has 1 aromatic heterocycles. The maximum Gasteiger partial charge on any atom is 0.0408 e. The standard InChI is InChI=1S/C15H8F2N.Ir/c16-12-5-6-13(14(17)8-12)15-7-10-3-1-2-4-11(10)9-18-15;/h1-5,7-9H;/q-1;. The molecule has 0 saturated heterocycles. The van der Waals surface area contributed by atoms with Gasteiger partial charge in [-0.05, 0) is 16.5 Å². The molecule has 97 valence electrons. The van der Waals surface area contributed by atoms with Gasteiger partial charge in [0, 0.05) is 37.9 Å². The SMILES string of the molecule is Fc1c[c-]c(-c2cc3ccccc3cn2)c(F)c1.[Ir]. The summed E-state index contributed by atoms with van der Waals surface area (Å²) in [4.78, 5) is 4.17. The first-order chi connectivity index (χ1) is 8.74. The van der Waals surface area contributed by atoms with Crippen molar-refractivity contribution in [3.63, 3.8) is 0 Å². The zero-order valence-electron chi connectivity index (χ0n) is 9.66. The van der Waals surface area contributed by atoms with Crippen LogP contribution >= 0.6 is 0 Å². The number of hydrogen-bond donors (Lipinski definition) is 0. The Kier molecular flexibility index (Phi) is 4.03. The smallest absolute Gasteiger partial charge is 0.0408 e. The van der Waals surface area contributed by atoms with Crippen LogP contribution in [0.3, 0.4) is 0 Å². The molecule has 0 bridgehead atoms. The summed E-state index contributed by atoms with van der Waals surface area (Å²) in [5, 5.41) is 1.93. The first-order valence-corrected chi connectivity index (χ1v) is 5.46. The average Bonchev–Trinajstić information content (AvgIpc) is 2.38. The molecule has 0 aliphatic carbocycles. The van der Waals surface area contributed by atoms with Gasteiger partial charge in [-0.25, -0.2) is 0 Å². The van der Waals surface area contributed by atoms with Crippen LogP contribution in [0, 0.1) is 17.7 Å². The van der Waals surface area contributed by atoms with Crippen molar-refractivity contribution in [1.29, 1.82) is 0 Å². The minimum Gasteiger partial charge on any atom is -0.304 e. The predicted molar refractivity (Wildman–Crippen MR) is 65.9 cm³/mol. The Labute approximate surface area is 122 Å². The van der Waals surface area contributed by atoms with Gasteiger partial charge < -0.3 is 4.98 Å². The van der Waals surface area contributed by atoms with Crippen LogP contribution in [-0.2, 0) is 20.1 Å². The maximum atomic E-state index is 13.6. The van der Waals surface area contributed by atoms with Crippen molar-refractivity contribution in [2.24, 2.45) is 0 Å². The van der Waals surface area contributed by atoms with Crippen molar-refractivity contribution in [3.8, 4) is 11.3 Å². The van der Waals surface area contributed by atoms with Crippen LogP contribution in [0.1, 0.15) is 0 Å². The molecule has 4 heteroatoms. The summed E-state index contributed by atoms with van der Waals surface area (Å²) in [5.41, 5.74) is 0.633. The molecule has 1 heterocycles. The van der Waals surface area contributed by atoms with Gasteiger partial charge >= 0.3 is 0 Å². The monoisotopic (exact) mass is 433 g/mol. The normalized spacial score (nSPS) is 10.2. The summed E-state index contributed by atoms with van der Waals surface area (Å²) in [5.74, 6) is -1.30. The van der Waals surface area contributed by atoms with Crippen molar-refractivity contribution in [2.45, 2.75) is 0 Å². The molecule has 3 aromatic rings. The Balaban J connectivity index is 0.00000133. The first kappa shape index (κ1) is 13.8. The molecule has 19 heavy (non-hydrogen) atoms. The minimum atomic E-state index is -0.655. The number of aromatic nitrogens is 1. The Hall–Kier alpha value is -1.64. The van der Waals surface area contributed by atoms with Crippen LogP contribution in [0.5, 0.6) is 0 Å². The second-order valence-corrected chi connectivity index (χ2v) is 3.96. The van der Waals surface area contributed by atoms with Gasteiger partial charge in [0.2, 0.25) is 0 Å². The van der Waals surface area contributed by atoms with Gasteiger partial charge in [0.15, 0.2) is 0 Å². The third-order valence-electron chi connectivity index (χ3n) is 2.74. The van der Waals surface area contributed by atoms with E-state index in [4.69, 9.17) is 0 Å². The van der Waals surface area contributed by atoms with Gasteiger partial charge in [-0.2, -0.15) is 0 Å². The second kappa shape index (κ2) is 5.55. The fourth-order valence-electron chi connectivity index (χ4n) is 1.86. The summed E-state index contributed by atoms with van der Waals surface area (Å²) in [6, 6.07) is 13.9. The van der Waals surface area contributed by atoms with Crippen LogP contribution in [0.2, 0.25) is 0 Å². The van der Waals surface area contributed by atoms with E-state index >= 15 is 0 Å². The molecule has 0 N–H and O–H groups in total. The molecule has 0 unspecified atom stereocenters. The summed E-state index contributed by atoms with van der Waals surface area (Å²) in [7, 11) is 0. The maximum absolute atomic E-state index is 13.6. The summed E-state index contributed by atoms with van der Waals surface area (Å²) >= 11 is 0. The fourth-order valence-corrected chi connectivity index (χ4v) is 1.86. The quantitative estimate of drug-likeness (QED) is 0.531. The van der Waals surface area contributed by atoms with E-state index in [1.165, 1.54) is 0 Å². The molecular formula is C15H8F2IrN-. The zero-order chi connectivity index (χ0) is 12.5. The zero-order valence-corrected chi connectivity index (χ0v) is 12.1. The predicted octanol–water partition coefficient (Wildman–Crippen LogP) is 3.98. The third kappa shape index (κ3) is 2.70. The van der Waals surface area contributed by atoms with E-state index in [9.17, 15) is 8.78 Å². The number of halogens is 2. The Bertz CT molecular complexity index is 728. The molecule has 2 aromatic carbocycles. The fraction of sp³-hybridized carbons (Fsp3) is 0. The van der Waals surface area contributed by atoms with Crippen LogP contribution in [-0.4, -0.2) is 4.98 Å². The van der Waals surface area contributed by atoms with Crippen LogP contribution < -0.4 is 0 Å². The molecule has 0 aliphatic rings. The largest absolute Gasteiger partial charge is 0.304 e. The average molecular weight is 432 g/mol. The number of pyridine rings is 1. The van der Waals surface area contributed by atoms with E-state index in [-0.39, 0.29) is 25.7 Å². The van der Waals surface area contributed by atoms with Crippen molar-refractivity contribution in [3.05, 3.63) is 66.4 Å². The van der Waals surface area contributed by atoms with Gasteiger partial charge in [-0.1, -0.05) is 42.0 Å². The van der Waals surface area contributed by atoms with Gasteiger partial charge in [0.05, 0.1) is 0 Å². The molecule has 0 atom stereocenters. The molecule has 0 amide bonds. The molecule has 0 saturated carbocycles. The van der Waals surface area contributed by atoms with E-state index in [1.807, 2.05) is 24.3 Å². The van der Waals surface area contributed by atoms with Crippen LogP contribution in [0.25, 0.3) is 22.0 Å². The summed E-state index contributed by atoms with van der Waals surface area (Å²) in [6.45, 7) is 0. The topological polar surface area (TPSA) is 12.9 Å². The molecule has 1 nitrogen and oxygen atoms in total. The molecular weight excluding hydrogens is 424 g/mol. The number of benzene rings is 2. The molecule has 3 rings (SSSR count). The molecule has 0 fully saturated rings. The van der Waals surface area contributed by atoms with Gasteiger partial charge in [-0.3, -0.25) is 8.78 Å². The summed E-state index contributed by atoms with van der Waals surface area (Å²) < 4.78 is 26.4. The van der Waals surface area contributed by atoms with E-state index in [0.29, 0.717) is 5.69 Å². The van der Waals surface area contributed by atoms with Crippen molar-refractivity contribution in [2.75, 3.05) is 0 Å².